The van der Waals surface area contributed by atoms with Crippen molar-refractivity contribution >= 4 is 38.9 Å². The number of amides is 2. The van der Waals surface area contributed by atoms with Gasteiger partial charge in [0.15, 0.2) is 0 Å². The number of hydrogen-bond acceptors (Lipinski definition) is 4. The number of rotatable bonds is 3. The van der Waals surface area contributed by atoms with Gasteiger partial charge in [0.25, 0.3) is 5.91 Å². The van der Waals surface area contributed by atoms with E-state index in [1.807, 2.05) is 62.5 Å². The van der Waals surface area contributed by atoms with Gasteiger partial charge in [-0.15, -0.1) is 11.3 Å². The summed E-state index contributed by atoms with van der Waals surface area (Å²) in [7, 11) is 3.86. The van der Waals surface area contributed by atoms with Crippen molar-refractivity contribution in [3.8, 4) is 11.8 Å². The average Bonchev–Trinajstić information content (AvgIpc) is 2.95. The van der Waals surface area contributed by atoms with Crippen LogP contribution < -0.4 is 5.32 Å². The normalized spacial score (nSPS) is 14.7. The summed E-state index contributed by atoms with van der Waals surface area (Å²) >= 11 is 1.61. The van der Waals surface area contributed by atoms with Crippen LogP contribution in [0.2, 0.25) is 0 Å². The fourth-order valence-electron chi connectivity index (χ4n) is 2.52. The van der Waals surface area contributed by atoms with Gasteiger partial charge >= 0.3 is 0 Å². The number of fused-ring (bicyclic) bond motifs is 1. The molecule has 1 fully saturated rings. The van der Waals surface area contributed by atoms with Gasteiger partial charge < -0.3 is 10.2 Å². The molecule has 2 amide bonds. The summed E-state index contributed by atoms with van der Waals surface area (Å²) in [6.07, 6.45) is 0. The Balaban J connectivity index is 1.56. The minimum atomic E-state index is -0.364. The highest BCUT2D eigenvalue weighted by Crippen LogP contribution is 2.30. The maximum absolute atomic E-state index is 12.4. The highest BCUT2D eigenvalue weighted by Gasteiger charge is 2.35. The van der Waals surface area contributed by atoms with Gasteiger partial charge in [-0.1, -0.05) is 24.1 Å². The number of benzene rings is 1. The molecule has 0 unspecified atom stereocenters. The lowest BCUT2D eigenvalue weighted by atomic mass is 9.98. The molecule has 1 aliphatic rings. The van der Waals surface area contributed by atoms with E-state index in [2.05, 4.69) is 17.2 Å². The third-order valence-electron chi connectivity index (χ3n) is 4.87. The third kappa shape index (κ3) is 3.74. The van der Waals surface area contributed by atoms with Crippen LogP contribution >= 0.6 is 11.3 Å². The van der Waals surface area contributed by atoms with Crippen molar-refractivity contribution in [2.75, 3.05) is 32.5 Å². The zero-order valence-corrected chi connectivity index (χ0v) is 16.3. The van der Waals surface area contributed by atoms with Crippen LogP contribution in [0.1, 0.15) is 13.8 Å². The molecule has 1 aromatic carbocycles. The van der Waals surface area contributed by atoms with E-state index in [-0.39, 0.29) is 23.3 Å². The molecule has 0 spiro atoms. The fourth-order valence-corrected chi connectivity index (χ4v) is 3.41. The Morgan fingerprint density at radius 1 is 1.27 bits per heavy atom. The number of carbonyl (C=O) groups is 2. The minimum absolute atomic E-state index is 0.0424. The lowest BCUT2D eigenvalue weighted by molar-refractivity contribution is -0.136. The molecule has 136 valence electrons. The van der Waals surface area contributed by atoms with Crippen molar-refractivity contribution < 1.29 is 9.59 Å². The smallest absolute Gasteiger partial charge is 0.298 e. The molecule has 3 rings (SSSR count). The Hall–Kier alpha value is -2.36. The number of thiophene rings is 1. The van der Waals surface area contributed by atoms with Crippen LogP contribution in [0, 0.1) is 17.8 Å². The molecule has 0 atom stereocenters. The predicted octanol–water partition coefficient (Wildman–Crippen LogP) is 2.64. The molecule has 1 aromatic heterocycles. The van der Waals surface area contributed by atoms with Crippen molar-refractivity contribution in [1.82, 2.24) is 9.80 Å². The van der Waals surface area contributed by atoms with E-state index in [1.54, 1.807) is 16.2 Å². The molecule has 26 heavy (non-hydrogen) atoms. The molecule has 6 heteroatoms. The van der Waals surface area contributed by atoms with Crippen LogP contribution in [0.4, 0.5) is 5.69 Å². The SMILES string of the molecule is CN(C)C(C)(C)C#CC(=O)N1CC(C(=O)Nc2csc3ccccc23)C1. The van der Waals surface area contributed by atoms with Crippen LogP contribution in [0.5, 0.6) is 0 Å². The van der Waals surface area contributed by atoms with Gasteiger partial charge in [-0.05, 0) is 39.9 Å². The second kappa shape index (κ2) is 7.10. The Bertz CT molecular complexity index is 898. The molecule has 0 aliphatic carbocycles. The number of hydrogen-bond donors (Lipinski definition) is 1. The van der Waals surface area contributed by atoms with Gasteiger partial charge in [-0.3, -0.25) is 14.5 Å². The van der Waals surface area contributed by atoms with Crippen molar-refractivity contribution in [1.29, 1.82) is 0 Å². The molecule has 2 aromatic rings. The summed E-state index contributed by atoms with van der Waals surface area (Å²) in [5.74, 6) is 5.25. The zero-order chi connectivity index (χ0) is 18.9. The molecule has 1 aliphatic heterocycles. The van der Waals surface area contributed by atoms with Gasteiger partial charge in [0.2, 0.25) is 5.91 Å². The quantitative estimate of drug-likeness (QED) is 0.847. The maximum atomic E-state index is 12.4. The number of nitrogens with zero attached hydrogens (tertiary/aromatic N) is 2. The largest absolute Gasteiger partial charge is 0.330 e. The standard InChI is InChI=1S/C20H23N3O2S/c1-20(2,22(3)4)10-9-18(24)23-11-14(12-23)19(25)21-16-13-26-17-8-6-5-7-15(16)17/h5-8,13-14H,11-12H2,1-4H3,(H,21,25). The molecule has 0 bridgehead atoms. The van der Waals surface area contributed by atoms with Crippen LogP contribution in [-0.2, 0) is 9.59 Å². The van der Waals surface area contributed by atoms with E-state index in [0.29, 0.717) is 13.1 Å². The second-order valence-electron chi connectivity index (χ2n) is 7.25. The first-order valence-corrected chi connectivity index (χ1v) is 9.42. The number of likely N-dealkylation sites (tertiary alicyclic amines) is 1. The highest BCUT2D eigenvalue weighted by atomic mass is 32.1. The number of anilines is 1. The van der Waals surface area contributed by atoms with Crippen LogP contribution in [-0.4, -0.2) is 54.3 Å². The minimum Gasteiger partial charge on any atom is -0.330 e. The van der Waals surface area contributed by atoms with E-state index in [0.717, 1.165) is 15.8 Å². The van der Waals surface area contributed by atoms with Crippen molar-refractivity contribution in [2.45, 2.75) is 19.4 Å². The molecular weight excluding hydrogens is 346 g/mol. The fraction of sp³-hybridized carbons (Fsp3) is 0.400. The highest BCUT2D eigenvalue weighted by molar-refractivity contribution is 7.17. The topological polar surface area (TPSA) is 52.7 Å². The predicted molar refractivity (Wildman–Crippen MR) is 106 cm³/mol. The Morgan fingerprint density at radius 3 is 2.65 bits per heavy atom. The average molecular weight is 369 g/mol. The Kier molecular flexibility index (Phi) is 5.03. The van der Waals surface area contributed by atoms with Crippen LogP contribution in [0.3, 0.4) is 0 Å². The van der Waals surface area contributed by atoms with Gasteiger partial charge in [-0.25, -0.2) is 0 Å². The summed E-state index contributed by atoms with van der Waals surface area (Å²) in [6, 6.07) is 7.98. The first kappa shape index (κ1) is 18.4. The molecule has 0 radical (unpaired) electrons. The van der Waals surface area contributed by atoms with Gasteiger partial charge in [-0.2, -0.15) is 0 Å². The molecule has 5 nitrogen and oxygen atoms in total. The van der Waals surface area contributed by atoms with E-state index >= 15 is 0 Å². The molecule has 0 saturated carbocycles. The van der Waals surface area contributed by atoms with Crippen LogP contribution in [0.15, 0.2) is 29.6 Å². The lowest BCUT2D eigenvalue weighted by Gasteiger charge is -2.37. The second-order valence-corrected chi connectivity index (χ2v) is 8.16. The van der Waals surface area contributed by atoms with Gasteiger partial charge in [0.05, 0.1) is 17.1 Å². The molecule has 2 heterocycles. The van der Waals surface area contributed by atoms with E-state index in [9.17, 15) is 9.59 Å². The summed E-state index contributed by atoms with van der Waals surface area (Å²) in [6.45, 7) is 4.77. The van der Waals surface area contributed by atoms with Crippen molar-refractivity contribution in [2.24, 2.45) is 5.92 Å². The molecular formula is C20H23N3O2S. The van der Waals surface area contributed by atoms with E-state index in [4.69, 9.17) is 0 Å². The maximum Gasteiger partial charge on any atom is 0.298 e. The summed E-state index contributed by atoms with van der Waals surface area (Å²) < 4.78 is 1.15. The zero-order valence-electron chi connectivity index (χ0n) is 15.5. The summed E-state index contributed by atoms with van der Waals surface area (Å²) in [5.41, 5.74) is 0.477. The van der Waals surface area contributed by atoms with E-state index < -0.39 is 0 Å². The van der Waals surface area contributed by atoms with Crippen molar-refractivity contribution in [3.63, 3.8) is 0 Å². The Labute approximate surface area is 158 Å². The summed E-state index contributed by atoms with van der Waals surface area (Å²) in [5, 5.41) is 6.00. The molecule has 1 N–H and O–H groups in total. The molecule has 1 saturated heterocycles. The van der Waals surface area contributed by atoms with Gasteiger partial charge in [0.1, 0.15) is 0 Å². The van der Waals surface area contributed by atoms with E-state index in [1.165, 1.54) is 0 Å². The van der Waals surface area contributed by atoms with Crippen LogP contribution in [0.25, 0.3) is 10.1 Å². The first-order valence-electron chi connectivity index (χ1n) is 8.54. The summed E-state index contributed by atoms with van der Waals surface area (Å²) in [4.78, 5) is 28.2. The lowest BCUT2D eigenvalue weighted by Crippen LogP contribution is -2.54. The Morgan fingerprint density at radius 2 is 1.96 bits per heavy atom. The third-order valence-corrected chi connectivity index (χ3v) is 5.84. The first-order chi connectivity index (χ1) is 12.3. The number of carbonyl (C=O) groups excluding carboxylic acids is 2. The number of nitrogens with one attached hydrogen (secondary N) is 1. The van der Waals surface area contributed by atoms with Gasteiger partial charge in [0, 0.05) is 28.6 Å². The van der Waals surface area contributed by atoms with Crippen molar-refractivity contribution in [3.05, 3.63) is 29.6 Å². The monoisotopic (exact) mass is 369 g/mol.